The van der Waals surface area contributed by atoms with Crippen LogP contribution in [0.25, 0.3) is 0 Å². The van der Waals surface area contributed by atoms with Crippen molar-refractivity contribution in [2.24, 2.45) is 0 Å². The summed E-state index contributed by atoms with van der Waals surface area (Å²) in [5.41, 5.74) is 0.329. The lowest BCUT2D eigenvalue weighted by Crippen LogP contribution is -2.40. The van der Waals surface area contributed by atoms with Gasteiger partial charge in [0.25, 0.3) is 5.91 Å². The highest BCUT2D eigenvalue weighted by atomic mass is 19.1. The van der Waals surface area contributed by atoms with Gasteiger partial charge in [-0.15, -0.1) is 0 Å². The number of hydrogen-bond acceptors (Lipinski definition) is 2. The van der Waals surface area contributed by atoms with Crippen molar-refractivity contribution in [3.63, 3.8) is 0 Å². The van der Waals surface area contributed by atoms with Crippen LogP contribution in [0.15, 0.2) is 18.2 Å². The maximum Gasteiger partial charge on any atom is 0.326 e. The van der Waals surface area contributed by atoms with Crippen molar-refractivity contribution in [2.45, 2.75) is 25.8 Å². The highest BCUT2D eigenvalue weighted by Gasteiger charge is 2.35. The van der Waals surface area contributed by atoms with E-state index in [-0.39, 0.29) is 5.56 Å². The maximum atomic E-state index is 13.8. The number of nitrogens with zero attached hydrogens (tertiary/aromatic N) is 1. The summed E-state index contributed by atoms with van der Waals surface area (Å²) in [6.45, 7) is 1.94. The zero-order valence-electron chi connectivity index (χ0n) is 10.0. The molecule has 96 valence electrons. The summed E-state index contributed by atoms with van der Waals surface area (Å²) in [7, 11) is 0. The number of hydrogen-bond donors (Lipinski definition) is 1. The molecule has 4 nitrogen and oxygen atoms in total. The SMILES string of the molecule is Cc1cccc(C(=O)N2CCC[C@H]2C(=O)O)c1F. The van der Waals surface area contributed by atoms with Crippen LogP contribution >= 0.6 is 0 Å². The zero-order valence-corrected chi connectivity index (χ0v) is 10.0. The topological polar surface area (TPSA) is 57.6 Å². The van der Waals surface area contributed by atoms with Gasteiger partial charge in [0.05, 0.1) is 5.56 Å². The molecule has 1 heterocycles. The smallest absolute Gasteiger partial charge is 0.326 e. The lowest BCUT2D eigenvalue weighted by Gasteiger charge is -2.21. The molecule has 0 aromatic heterocycles. The van der Waals surface area contributed by atoms with Gasteiger partial charge in [0, 0.05) is 6.54 Å². The van der Waals surface area contributed by atoms with Gasteiger partial charge in [-0.1, -0.05) is 12.1 Å². The van der Waals surface area contributed by atoms with Gasteiger partial charge in [0.1, 0.15) is 11.9 Å². The Bertz CT molecular complexity index is 501. The number of likely N-dealkylation sites (tertiary alicyclic amines) is 1. The highest BCUT2D eigenvalue weighted by Crippen LogP contribution is 2.22. The fourth-order valence-electron chi connectivity index (χ4n) is 2.23. The number of carbonyl (C=O) groups is 2. The molecule has 1 saturated heterocycles. The minimum absolute atomic E-state index is 0.0526. The minimum Gasteiger partial charge on any atom is -0.480 e. The molecule has 0 unspecified atom stereocenters. The summed E-state index contributed by atoms with van der Waals surface area (Å²) in [5, 5.41) is 9.02. The number of benzene rings is 1. The summed E-state index contributed by atoms with van der Waals surface area (Å²) >= 11 is 0. The predicted molar refractivity (Wildman–Crippen MR) is 62.8 cm³/mol. The van der Waals surface area contributed by atoms with Gasteiger partial charge in [0.15, 0.2) is 0 Å². The first-order valence-corrected chi connectivity index (χ1v) is 5.81. The van der Waals surface area contributed by atoms with E-state index in [2.05, 4.69) is 0 Å². The maximum absolute atomic E-state index is 13.8. The van der Waals surface area contributed by atoms with E-state index in [9.17, 15) is 14.0 Å². The second-order valence-corrected chi connectivity index (χ2v) is 4.43. The van der Waals surface area contributed by atoms with Crippen LogP contribution in [0.3, 0.4) is 0 Å². The third-order valence-electron chi connectivity index (χ3n) is 3.22. The standard InChI is InChI=1S/C13H14FNO3/c1-8-4-2-5-9(11(8)14)12(16)15-7-3-6-10(15)13(17)18/h2,4-5,10H,3,6-7H2,1H3,(H,17,18)/t10-/m0/s1. The Balaban J connectivity index is 2.31. The Kier molecular flexibility index (Phi) is 3.32. The van der Waals surface area contributed by atoms with Gasteiger partial charge < -0.3 is 10.0 Å². The van der Waals surface area contributed by atoms with E-state index in [1.807, 2.05) is 0 Å². The molecule has 1 aromatic rings. The Hall–Kier alpha value is -1.91. The van der Waals surface area contributed by atoms with Crippen LogP contribution in [0.1, 0.15) is 28.8 Å². The molecule has 1 fully saturated rings. The van der Waals surface area contributed by atoms with Crippen molar-refractivity contribution in [2.75, 3.05) is 6.54 Å². The van der Waals surface area contributed by atoms with E-state index in [1.165, 1.54) is 11.0 Å². The number of carbonyl (C=O) groups excluding carboxylic acids is 1. The number of aryl methyl sites for hydroxylation is 1. The summed E-state index contributed by atoms with van der Waals surface area (Å²) in [4.78, 5) is 24.4. The van der Waals surface area contributed by atoms with Gasteiger partial charge in [-0.2, -0.15) is 0 Å². The van der Waals surface area contributed by atoms with E-state index in [0.29, 0.717) is 24.9 Å². The van der Waals surface area contributed by atoms with E-state index < -0.39 is 23.7 Å². The fraction of sp³-hybridized carbons (Fsp3) is 0.385. The molecule has 1 aliphatic rings. The van der Waals surface area contributed by atoms with Crippen LogP contribution in [0, 0.1) is 12.7 Å². The van der Waals surface area contributed by atoms with Crippen molar-refractivity contribution in [3.05, 3.63) is 35.1 Å². The molecule has 1 N–H and O–H groups in total. The molecule has 18 heavy (non-hydrogen) atoms. The molecule has 1 aromatic carbocycles. The van der Waals surface area contributed by atoms with Gasteiger partial charge in [-0.3, -0.25) is 4.79 Å². The van der Waals surface area contributed by atoms with Crippen molar-refractivity contribution < 1.29 is 19.1 Å². The number of amides is 1. The van der Waals surface area contributed by atoms with Gasteiger partial charge in [0.2, 0.25) is 0 Å². The molecule has 0 spiro atoms. The largest absolute Gasteiger partial charge is 0.480 e. The Labute approximate surface area is 104 Å². The van der Waals surface area contributed by atoms with E-state index >= 15 is 0 Å². The lowest BCUT2D eigenvalue weighted by atomic mass is 10.1. The average Bonchev–Trinajstić information content (AvgIpc) is 2.81. The first-order valence-electron chi connectivity index (χ1n) is 5.81. The number of carboxylic acid groups (broad SMARTS) is 1. The van der Waals surface area contributed by atoms with Crippen molar-refractivity contribution >= 4 is 11.9 Å². The number of aliphatic carboxylic acids is 1. The Morgan fingerprint density at radius 2 is 2.17 bits per heavy atom. The molecule has 0 saturated carbocycles. The average molecular weight is 251 g/mol. The predicted octanol–water partition coefficient (Wildman–Crippen LogP) is 1.82. The minimum atomic E-state index is -1.03. The van der Waals surface area contributed by atoms with Gasteiger partial charge >= 0.3 is 5.97 Å². The number of carboxylic acids is 1. The molecule has 0 bridgehead atoms. The lowest BCUT2D eigenvalue weighted by molar-refractivity contribution is -0.141. The van der Waals surface area contributed by atoms with Crippen LogP contribution in [0.4, 0.5) is 4.39 Å². The van der Waals surface area contributed by atoms with Crippen LogP contribution in [0.5, 0.6) is 0 Å². The molecular formula is C13H14FNO3. The second-order valence-electron chi connectivity index (χ2n) is 4.43. The zero-order chi connectivity index (χ0) is 13.3. The molecule has 5 heteroatoms. The molecule has 0 aliphatic carbocycles. The molecular weight excluding hydrogens is 237 g/mol. The molecule has 1 amide bonds. The Morgan fingerprint density at radius 3 is 2.83 bits per heavy atom. The summed E-state index contributed by atoms with van der Waals surface area (Å²) in [5.74, 6) is -2.14. The van der Waals surface area contributed by atoms with E-state index in [4.69, 9.17) is 5.11 Å². The third kappa shape index (κ3) is 2.08. The monoisotopic (exact) mass is 251 g/mol. The third-order valence-corrected chi connectivity index (χ3v) is 3.22. The van der Waals surface area contributed by atoms with Gasteiger partial charge in [-0.05, 0) is 31.4 Å². The first-order chi connectivity index (χ1) is 8.52. The van der Waals surface area contributed by atoms with Crippen LogP contribution in [-0.4, -0.2) is 34.5 Å². The summed E-state index contributed by atoms with van der Waals surface area (Å²) in [6, 6.07) is 3.72. The summed E-state index contributed by atoms with van der Waals surface area (Å²) in [6.07, 6.45) is 1.06. The van der Waals surface area contributed by atoms with E-state index in [1.54, 1.807) is 19.1 Å². The quantitative estimate of drug-likeness (QED) is 0.872. The summed E-state index contributed by atoms with van der Waals surface area (Å²) < 4.78 is 13.8. The van der Waals surface area contributed by atoms with Gasteiger partial charge in [-0.25, -0.2) is 9.18 Å². The fourth-order valence-corrected chi connectivity index (χ4v) is 2.23. The first kappa shape index (κ1) is 12.5. The van der Waals surface area contributed by atoms with Crippen molar-refractivity contribution in [3.8, 4) is 0 Å². The highest BCUT2D eigenvalue weighted by molar-refractivity contribution is 5.97. The normalized spacial score (nSPS) is 19.0. The van der Waals surface area contributed by atoms with Crippen LogP contribution in [0.2, 0.25) is 0 Å². The second kappa shape index (κ2) is 4.76. The molecule has 0 radical (unpaired) electrons. The van der Waals surface area contributed by atoms with E-state index in [0.717, 1.165) is 0 Å². The Morgan fingerprint density at radius 1 is 1.44 bits per heavy atom. The molecule has 1 aliphatic heterocycles. The van der Waals surface area contributed by atoms with Crippen LogP contribution < -0.4 is 0 Å². The molecule has 2 rings (SSSR count). The number of rotatable bonds is 2. The van der Waals surface area contributed by atoms with Crippen molar-refractivity contribution in [1.82, 2.24) is 4.90 Å². The number of halogens is 1. The van der Waals surface area contributed by atoms with Crippen LogP contribution in [-0.2, 0) is 4.79 Å². The molecule has 1 atom stereocenters. The van der Waals surface area contributed by atoms with Crippen molar-refractivity contribution in [1.29, 1.82) is 0 Å².